The molecule has 0 N–H and O–H groups in total. The van der Waals surface area contributed by atoms with Crippen LogP contribution >= 0.6 is 31.9 Å². The second kappa shape index (κ2) is 7.09. The van der Waals surface area contributed by atoms with Crippen LogP contribution in [-0.2, 0) is 11.9 Å². The number of hydrogen-bond donors (Lipinski definition) is 0. The third-order valence-electron chi connectivity index (χ3n) is 2.79. The SMILES string of the molecule is COc1ccc(COc2c(Br)cccc2CBr)cc1F. The lowest BCUT2D eigenvalue weighted by molar-refractivity contribution is 0.300. The maximum absolute atomic E-state index is 13.6. The van der Waals surface area contributed by atoms with Gasteiger partial charge in [-0.15, -0.1) is 0 Å². The van der Waals surface area contributed by atoms with Crippen LogP contribution in [0.15, 0.2) is 40.9 Å². The summed E-state index contributed by atoms with van der Waals surface area (Å²) in [6.45, 7) is 0.295. The predicted molar refractivity (Wildman–Crippen MR) is 84.1 cm³/mol. The van der Waals surface area contributed by atoms with Crippen molar-refractivity contribution in [1.29, 1.82) is 0 Å². The summed E-state index contributed by atoms with van der Waals surface area (Å²) < 4.78 is 25.2. The zero-order valence-electron chi connectivity index (χ0n) is 10.8. The number of halogens is 3. The van der Waals surface area contributed by atoms with Crippen LogP contribution in [0.2, 0.25) is 0 Å². The van der Waals surface area contributed by atoms with Crippen molar-refractivity contribution in [2.75, 3.05) is 7.11 Å². The van der Waals surface area contributed by atoms with E-state index in [1.807, 2.05) is 18.2 Å². The van der Waals surface area contributed by atoms with E-state index in [1.165, 1.54) is 13.2 Å². The van der Waals surface area contributed by atoms with Crippen molar-refractivity contribution < 1.29 is 13.9 Å². The summed E-state index contributed by atoms with van der Waals surface area (Å²) in [5.41, 5.74) is 1.79. The minimum absolute atomic E-state index is 0.232. The van der Waals surface area contributed by atoms with Crippen LogP contribution in [0.1, 0.15) is 11.1 Å². The molecule has 0 heterocycles. The Morgan fingerprint density at radius 2 is 2.00 bits per heavy atom. The second-order valence-electron chi connectivity index (χ2n) is 4.12. The highest BCUT2D eigenvalue weighted by molar-refractivity contribution is 9.10. The summed E-state index contributed by atoms with van der Waals surface area (Å²) in [4.78, 5) is 0. The average Bonchev–Trinajstić information content (AvgIpc) is 2.46. The Hall–Kier alpha value is -1.07. The van der Waals surface area contributed by atoms with E-state index in [2.05, 4.69) is 31.9 Å². The molecule has 0 radical (unpaired) electrons. The van der Waals surface area contributed by atoms with Crippen LogP contribution in [-0.4, -0.2) is 7.11 Å². The van der Waals surface area contributed by atoms with Crippen LogP contribution in [0.25, 0.3) is 0 Å². The van der Waals surface area contributed by atoms with Crippen molar-refractivity contribution >= 4 is 31.9 Å². The number of ether oxygens (including phenoxy) is 2. The first-order chi connectivity index (χ1) is 9.65. The monoisotopic (exact) mass is 402 g/mol. The van der Waals surface area contributed by atoms with E-state index in [1.54, 1.807) is 12.1 Å². The Balaban J connectivity index is 2.15. The fourth-order valence-corrected chi connectivity index (χ4v) is 2.74. The van der Waals surface area contributed by atoms with E-state index in [0.29, 0.717) is 11.9 Å². The smallest absolute Gasteiger partial charge is 0.165 e. The molecule has 106 valence electrons. The standard InChI is InChI=1S/C15H13Br2FO2/c1-19-14-6-5-10(7-13(14)18)9-20-15-11(8-16)3-2-4-12(15)17/h2-7H,8-9H2,1H3. The molecule has 0 saturated heterocycles. The molecule has 0 saturated carbocycles. The molecule has 0 spiro atoms. The molecular formula is C15H13Br2FO2. The quantitative estimate of drug-likeness (QED) is 0.648. The molecule has 5 heteroatoms. The van der Waals surface area contributed by atoms with Gasteiger partial charge in [0.15, 0.2) is 11.6 Å². The third-order valence-corrected chi connectivity index (χ3v) is 4.02. The number of benzene rings is 2. The Kier molecular flexibility index (Phi) is 5.43. The van der Waals surface area contributed by atoms with Crippen LogP contribution in [0, 0.1) is 5.82 Å². The van der Waals surface area contributed by atoms with E-state index >= 15 is 0 Å². The van der Waals surface area contributed by atoms with Gasteiger partial charge < -0.3 is 9.47 Å². The zero-order valence-corrected chi connectivity index (χ0v) is 14.0. The van der Waals surface area contributed by atoms with Crippen LogP contribution in [0.5, 0.6) is 11.5 Å². The number of para-hydroxylation sites is 1. The van der Waals surface area contributed by atoms with Gasteiger partial charge in [-0.25, -0.2) is 4.39 Å². The maximum atomic E-state index is 13.6. The van der Waals surface area contributed by atoms with E-state index < -0.39 is 0 Å². The highest BCUT2D eigenvalue weighted by atomic mass is 79.9. The summed E-state index contributed by atoms with van der Waals surface area (Å²) in [6, 6.07) is 10.6. The van der Waals surface area contributed by atoms with Crippen molar-refractivity contribution in [1.82, 2.24) is 0 Å². The number of hydrogen-bond acceptors (Lipinski definition) is 2. The van der Waals surface area contributed by atoms with Gasteiger partial charge in [0.2, 0.25) is 0 Å². The van der Waals surface area contributed by atoms with E-state index in [9.17, 15) is 4.39 Å². The first kappa shape index (κ1) is 15.3. The van der Waals surface area contributed by atoms with Gasteiger partial charge in [0, 0.05) is 10.9 Å². The lowest BCUT2D eigenvalue weighted by atomic mass is 10.2. The minimum Gasteiger partial charge on any atom is -0.494 e. The first-order valence-electron chi connectivity index (χ1n) is 5.94. The highest BCUT2D eigenvalue weighted by Crippen LogP contribution is 2.31. The average molecular weight is 404 g/mol. The highest BCUT2D eigenvalue weighted by Gasteiger charge is 2.09. The molecule has 0 unspecified atom stereocenters. The van der Waals surface area contributed by atoms with Gasteiger partial charge in [0.1, 0.15) is 12.4 Å². The molecular weight excluding hydrogens is 391 g/mol. The Bertz CT molecular complexity index is 602. The van der Waals surface area contributed by atoms with E-state index in [4.69, 9.17) is 9.47 Å². The maximum Gasteiger partial charge on any atom is 0.165 e. The summed E-state index contributed by atoms with van der Waals surface area (Å²) in [5, 5.41) is 0.693. The van der Waals surface area contributed by atoms with Gasteiger partial charge in [-0.2, -0.15) is 0 Å². The fourth-order valence-electron chi connectivity index (χ4n) is 1.78. The largest absolute Gasteiger partial charge is 0.494 e. The minimum atomic E-state index is -0.388. The van der Waals surface area contributed by atoms with Crippen molar-refractivity contribution in [3.63, 3.8) is 0 Å². The Labute approximate surface area is 134 Å². The molecule has 0 amide bonds. The normalized spacial score (nSPS) is 10.4. The lowest BCUT2D eigenvalue weighted by Crippen LogP contribution is -2.00. The molecule has 0 fully saturated rings. The lowest BCUT2D eigenvalue weighted by Gasteiger charge is -2.12. The van der Waals surface area contributed by atoms with E-state index in [0.717, 1.165) is 21.3 Å². The van der Waals surface area contributed by atoms with Gasteiger partial charge in [-0.3, -0.25) is 0 Å². The van der Waals surface area contributed by atoms with Crippen LogP contribution in [0.4, 0.5) is 4.39 Å². The Morgan fingerprint density at radius 3 is 2.65 bits per heavy atom. The summed E-state index contributed by atoms with van der Waals surface area (Å²) in [7, 11) is 1.44. The zero-order chi connectivity index (χ0) is 14.5. The van der Waals surface area contributed by atoms with E-state index in [-0.39, 0.29) is 11.6 Å². The van der Waals surface area contributed by atoms with Gasteiger partial charge >= 0.3 is 0 Å². The van der Waals surface area contributed by atoms with Crippen LogP contribution < -0.4 is 9.47 Å². The van der Waals surface area contributed by atoms with Gasteiger partial charge in [0.25, 0.3) is 0 Å². The summed E-state index contributed by atoms with van der Waals surface area (Å²) in [6.07, 6.45) is 0. The van der Waals surface area contributed by atoms with Crippen LogP contribution in [0.3, 0.4) is 0 Å². The molecule has 2 aromatic rings. The molecule has 0 atom stereocenters. The van der Waals surface area contributed by atoms with Gasteiger partial charge in [0.05, 0.1) is 11.6 Å². The van der Waals surface area contributed by atoms with Gasteiger partial charge in [-0.1, -0.05) is 34.1 Å². The predicted octanol–water partition coefficient (Wildman–Crippen LogP) is 5.07. The number of methoxy groups -OCH3 is 1. The van der Waals surface area contributed by atoms with Gasteiger partial charge in [-0.05, 0) is 39.7 Å². The van der Waals surface area contributed by atoms with Crippen molar-refractivity contribution in [2.45, 2.75) is 11.9 Å². The molecule has 0 aliphatic rings. The number of rotatable bonds is 5. The molecule has 0 aliphatic heterocycles. The van der Waals surface area contributed by atoms with Crippen molar-refractivity contribution in [3.8, 4) is 11.5 Å². The topological polar surface area (TPSA) is 18.5 Å². The third kappa shape index (κ3) is 3.52. The molecule has 2 nitrogen and oxygen atoms in total. The second-order valence-corrected chi connectivity index (χ2v) is 5.53. The molecule has 0 bridgehead atoms. The molecule has 0 aliphatic carbocycles. The number of alkyl halides is 1. The fraction of sp³-hybridized carbons (Fsp3) is 0.200. The first-order valence-corrected chi connectivity index (χ1v) is 7.85. The summed E-state index contributed by atoms with van der Waals surface area (Å²) in [5.74, 6) is 0.609. The molecule has 2 aromatic carbocycles. The summed E-state index contributed by atoms with van der Waals surface area (Å²) >= 11 is 6.88. The molecule has 20 heavy (non-hydrogen) atoms. The molecule has 0 aromatic heterocycles. The van der Waals surface area contributed by atoms with Crippen molar-refractivity contribution in [2.24, 2.45) is 0 Å². The van der Waals surface area contributed by atoms with Crippen molar-refractivity contribution in [3.05, 3.63) is 57.8 Å². The molecule has 2 rings (SSSR count). The Morgan fingerprint density at radius 1 is 1.20 bits per heavy atom.